The molecule has 4 nitrogen and oxygen atoms in total. The maximum Gasteiger partial charge on any atom is 0.229 e. The van der Waals surface area contributed by atoms with E-state index in [2.05, 4.69) is 36.6 Å². The van der Waals surface area contributed by atoms with Crippen molar-refractivity contribution in [2.45, 2.75) is 45.6 Å². The first-order chi connectivity index (χ1) is 9.91. The van der Waals surface area contributed by atoms with E-state index in [0.29, 0.717) is 0 Å². The minimum absolute atomic E-state index is 0.0177. The lowest BCUT2D eigenvalue weighted by Crippen LogP contribution is -2.34. The highest BCUT2D eigenvalue weighted by Crippen LogP contribution is 2.39. The van der Waals surface area contributed by atoms with E-state index < -0.39 is 0 Å². The zero-order valence-electron chi connectivity index (χ0n) is 13.0. The Labute approximate surface area is 126 Å². The van der Waals surface area contributed by atoms with Crippen molar-refractivity contribution in [1.29, 1.82) is 0 Å². The minimum Gasteiger partial charge on any atom is -0.359 e. The molecule has 1 aliphatic rings. The normalized spacial score (nSPS) is 20.0. The zero-order valence-corrected chi connectivity index (χ0v) is 13.0. The smallest absolute Gasteiger partial charge is 0.229 e. The second kappa shape index (κ2) is 6.29. The van der Waals surface area contributed by atoms with Crippen LogP contribution in [0.5, 0.6) is 0 Å². The second-order valence-electron chi connectivity index (χ2n) is 6.54. The summed E-state index contributed by atoms with van der Waals surface area (Å²) >= 11 is 0. The van der Waals surface area contributed by atoms with Crippen molar-refractivity contribution in [1.82, 2.24) is 10.6 Å². The van der Waals surface area contributed by atoms with Crippen molar-refractivity contribution in [3.63, 3.8) is 0 Å². The first-order valence-electron chi connectivity index (χ1n) is 7.49. The molecule has 0 radical (unpaired) electrons. The SMILES string of the molecule is CNC(=O)CC(=O)NC1CC(C)(C)CCc2ccccc21. The van der Waals surface area contributed by atoms with Crippen LogP contribution >= 0.6 is 0 Å². The zero-order chi connectivity index (χ0) is 15.5. The molecule has 2 rings (SSSR count). The standard InChI is InChI=1S/C17H24N2O2/c1-17(2)9-8-12-6-4-5-7-13(12)14(11-17)19-16(21)10-15(20)18-3/h4-7,14H,8-11H2,1-3H3,(H,18,20)(H,19,21). The largest absolute Gasteiger partial charge is 0.359 e. The van der Waals surface area contributed by atoms with E-state index in [1.807, 2.05) is 12.1 Å². The quantitative estimate of drug-likeness (QED) is 0.662. The van der Waals surface area contributed by atoms with Crippen molar-refractivity contribution in [3.8, 4) is 0 Å². The molecule has 4 heteroatoms. The fourth-order valence-electron chi connectivity index (χ4n) is 2.95. The Kier molecular flexibility index (Phi) is 4.66. The highest BCUT2D eigenvalue weighted by Gasteiger charge is 2.30. The van der Waals surface area contributed by atoms with Crippen LogP contribution in [0.25, 0.3) is 0 Å². The number of rotatable bonds is 3. The van der Waals surface area contributed by atoms with Gasteiger partial charge in [0.05, 0.1) is 6.04 Å². The molecule has 1 aromatic rings. The van der Waals surface area contributed by atoms with Crippen molar-refractivity contribution in [3.05, 3.63) is 35.4 Å². The predicted molar refractivity (Wildman–Crippen MR) is 82.7 cm³/mol. The Morgan fingerprint density at radius 1 is 1.24 bits per heavy atom. The van der Waals surface area contributed by atoms with Gasteiger partial charge in [-0.1, -0.05) is 38.1 Å². The lowest BCUT2D eigenvalue weighted by molar-refractivity contribution is -0.129. The van der Waals surface area contributed by atoms with Gasteiger partial charge in [0.1, 0.15) is 6.42 Å². The Hall–Kier alpha value is -1.84. The van der Waals surface area contributed by atoms with Crippen LogP contribution in [-0.2, 0) is 16.0 Å². The molecular weight excluding hydrogens is 264 g/mol. The fraction of sp³-hybridized carbons (Fsp3) is 0.529. The third-order valence-electron chi connectivity index (χ3n) is 4.19. The first kappa shape index (κ1) is 15.5. The van der Waals surface area contributed by atoms with Gasteiger partial charge in [0.25, 0.3) is 0 Å². The molecule has 2 N–H and O–H groups in total. The van der Waals surface area contributed by atoms with Gasteiger partial charge in [-0.05, 0) is 35.8 Å². The van der Waals surface area contributed by atoms with Crippen molar-refractivity contribution in [2.75, 3.05) is 7.05 Å². The molecule has 1 unspecified atom stereocenters. The van der Waals surface area contributed by atoms with E-state index in [0.717, 1.165) is 19.3 Å². The lowest BCUT2D eigenvalue weighted by atomic mass is 9.83. The van der Waals surface area contributed by atoms with Crippen LogP contribution in [0.2, 0.25) is 0 Å². The molecule has 0 spiro atoms. The summed E-state index contributed by atoms with van der Waals surface area (Å²) in [4.78, 5) is 23.4. The molecule has 0 aliphatic heterocycles. The Morgan fingerprint density at radius 3 is 2.67 bits per heavy atom. The van der Waals surface area contributed by atoms with Crippen molar-refractivity contribution >= 4 is 11.8 Å². The first-order valence-corrected chi connectivity index (χ1v) is 7.49. The number of fused-ring (bicyclic) bond motifs is 1. The molecule has 0 saturated heterocycles. The number of carbonyl (C=O) groups is 2. The van der Waals surface area contributed by atoms with Gasteiger partial charge in [0.15, 0.2) is 0 Å². The van der Waals surface area contributed by atoms with Gasteiger partial charge < -0.3 is 10.6 Å². The molecule has 0 heterocycles. The second-order valence-corrected chi connectivity index (χ2v) is 6.54. The molecule has 114 valence electrons. The Balaban J connectivity index is 2.19. The number of aryl methyl sites for hydroxylation is 1. The van der Waals surface area contributed by atoms with E-state index >= 15 is 0 Å². The van der Waals surface area contributed by atoms with E-state index in [9.17, 15) is 9.59 Å². The van der Waals surface area contributed by atoms with E-state index in [4.69, 9.17) is 0 Å². The summed E-state index contributed by atoms with van der Waals surface area (Å²) in [6, 6.07) is 8.25. The van der Waals surface area contributed by atoms with Crippen LogP contribution in [-0.4, -0.2) is 18.9 Å². The fourth-order valence-corrected chi connectivity index (χ4v) is 2.95. The molecule has 0 bridgehead atoms. The van der Waals surface area contributed by atoms with Gasteiger partial charge in [-0.15, -0.1) is 0 Å². The van der Waals surface area contributed by atoms with E-state index in [1.54, 1.807) is 7.05 Å². The van der Waals surface area contributed by atoms with Crippen LogP contribution < -0.4 is 10.6 Å². The van der Waals surface area contributed by atoms with Gasteiger partial charge in [0, 0.05) is 7.05 Å². The molecule has 21 heavy (non-hydrogen) atoms. The van der Waals surface area contributed by atoms with Gasteiger partial charge >= 0.3 is 0 Å². The topological polar surface area (TPSA) is 58.2 Å². The lowest BCUT2D eigenvalue weighted by Gasteiger charge is -2.27. The average Bonchev–Trinajstić information content (AvgIpc) is 2.56. The van der Waals surface area contributed by atoms with Crippen LogP contribution in [0.4, 0.5) is 0 Å². The maximum atomic E-state index is 12.0. The highest BCUT2D eigenvalue weighted by atomic mass is 16.2. The molecule has 2 amide bonds. The summed E-state index contributed by atoms with van der Waals surface area (Å²) in [6.45, 7) is 4.47. The predicted octanol–water partition coefficient (Wildman–Crippen LogP) is 2.34. The molecule has 0 aromatic heterocycles. The number of hydrogen-bond acceptors (Lipinski definition) is 2. The summed E-state index contributed by atoms with van der Waals surface area (Å²) in [6.07, 6.45) is 2.91. The molecule has 0 fully saturated rings. The number of amides is 2. The summed E-state index contributed by atoms with van der Waals surface area (Å²) in [5.41, 5.74) is 2.66. The number of nitrogens with one attached hydrogen (secondary N) is 2. The number of carbonyl (C=O) groups excluding carboxylic acids is 2. The Morgan fingerprint density at radius 2 is 1.95 bits per heavy atom. The highest BCUT2D eigenvalue weighted by molar-refractivity contribution is 5.96. The van der Waals surface area contributed by atoms with Crippen molar-refractivity contribution < 1.29 is 9.59 Å². The van der Waals surface area contributed by atoms with E-state index in [1.165, 1.54) is 11.1 Å². The molecule has 1 aromatic carbocycles. The summed E-state index contributed by atoms with van der Waals surface area (Å²) in [5.74, 6) is -0.472. The summed E-state index contributed by atoms with van der Waals surface area (Å²) in [7, 11) is 1.54. The average molecular weight is 288 g/mol. The summed E-state index contributed by atoms with van der Waals surface area (Å²) < 4.78 is 0. The molecule has 1 atom stereocenters. The third-order valence-corrected chi connectivity index (χ3v) is 4.19. The van der Waals surface area contributed by atoms with E-state index in [-0.39, 0.29) is 29.7 Å². The monoisotopic (exact) mass is 288 g/mol. The number of hydrogen-bond donors (Lipinski definition) is 2. The molecular formula is C17H24N2O2. The van der Waals surface area contributed by atoms with Gasteiger partial charge in [-0.2, -0.15) is 0 Å². The number of benzene rings is 1. The molecule has 0 saturated carbocycles. The van der Waals surface area contributed by atoms with Crippen LogP contribution in [0, 0.1) is 5.41 Å². The minimum atomic E-state index is -0.256. The summed E-state index contributed by atoms with van der Waals surface area (Å²) in [5, 5.41) is 5.52. The third kappa shape index (κ3) is 4.06. The van der Waals surface area contributed by atoms with Crippen LogP contribution in [0.1, 0.15) is 50.3 Å². The Bertz CT molecular complexity index is 537. The van der Waals surface area contributed by atoms with Gasteiger partial charge in [0.2, 0.25) is 11.8 Å². The maximum absolute atomic E-state index is 12.0. The van der Waals surface area contributed by atoms with Crippen molar-refractivity contribution in [2.24, 2.45) is 5.41 Å². The van der Waals surface area contributed by atoms with Gasteiger partial charge in [-0.25, -0.2) is 0 Å². The molecule has 1 aliphatic carbocycles. The van der Waals surface area contributed by atoms with Gasteiger partial charge in [-0.3, -0.25) is 9.59 Å². The van der Waals surface area contributed by atoms with Crippen LogP contribution in [0.15, 0.2) is 24.3 Å². The van der Waals surface area contributed by atoms with Crippen LogP contribution in [0.3, 0.4) is 0 Å².